The molecule has 0 aliphatic carbocycles. The SMILES string of the molecule is C=C(C)C(=O)OCCOc1ccc2ccccc2c1OCCOC(=O)C(=C)C.C=C(C)C(=O)OCCOc1cccc2c(OCCOC(=O)C(=C)C)cccc12.C=C(C)C(=O)Oc1cc2ccccc2cc1OC(=O)C(=C)C.C=C(C)C(=O)Oc1ccc2cccc(OC(=O)C(=C)C)c2c1.C=C(C)C(=O)Oc1cccc2c(OC(=O)C(=C)C)cccc12. The Morgan fingerprint density at radius 1 is 0.205 bits per heavy atom. The van der Waals surface area contributed by atoms with Gasteiger partial charge in [0.15, 0.2) is 23.0 Å². The molecular formula is C98H96O24. The first kappa shape index (κ1) is 95.6. The van der Waals surface area contributed by atoms with E-state index in [1.807, 2.05) is 97.1 Å². The molecule has 0 unspecified atom stereocenters. The van der Waals surface area contributed by atoms with Crippen LogP contribution in [-0.4, -0.2) is 113 Å². The average molecular weight is 1660 g/mol. The van der Waals surface area contributed by atoms with E-state index in [1.54, 1.807) is 154 Å². The second-order valence-corrected chi connectivity index (χ2v) is 27.2. The molecule has 0 N–H and O–H groups in total. The molecule has 10 aromatic rings. The normalized spacial score (nSPS) is 10.1. The van der Waals surface area contributed by atoms with E-state index in [-0.39, 0.29) is 75.5 Å². The fourth-order valence-corrected chi connectivity index (χ4v) is 9.91. The van der Waals surface area contributed by atoms with Gasteiger partial charge in [-0.05, 0) is 151 Å². The van der Waals surface area contributed by atoms with Crippen LogP contribution in [0.5, 0.6) is 57.5 Å². The summed E-state index contributed by atoms with van der Waals surface area (Å²) < 4.78 is 74.8. The third-order valence-corrected chi connectivity index (χ3v) is 16.1. The van der Waals surface area contributed by atoms with Crippen LogP contribution in [0.25, 0.3) is 53.9 Å². The summed E-state index contributed by atoms with van der Waals surface area (Å²) in [6, 6.07) is 54.2. The Balaban J connectivity index is 0.000000237. The summed E-state index contributed by atoms with van der Waals surface area (Å²) in [5.74, 6) is -0.757. The lowest BCUT2D eigenvalue weighted by atomic mass is 10.1. The van der Waals surface area contributed by atoms with Gasteiger partial charge >= 0.3 is 59.7 Å². The number of esters is 10. The highest BCUT2D eigenvalue weighted by atomic mass is 16.6. The van der Waals surface area contributed by atoms with Gasteiger partial charge in [0, 0.05) is 88.0 Å². The van der Waals surface area contributed by atoms with Gasteiger partial charge in [0.2, 0.25) is 0 Å². The average Bonchev–Trinajstić information content (AvgIpc) is 0.818. The lowest BCUT2D eigenvalue weighted by Gasteiger charge is -2.15. The Morgan fingerprint density at radius 3 is 0.820 bits per heavy atom. The van der Waals surface area contributed by atoms with Crippen molar-refractivity contribution in [3.63, 3.8) is 0 Å². The largest absolute Gasteiger partial charge is 0.489 e. The van der Waals surface area contributed by atoms with E-state index in [4.69, 9.17) is 66.3 Å². The highest BCUT2D eigenvalue weighted by Gasteiger charge is 2.20. The fraction of sp³-hybridized carbons (Fsp3) is 0.184. The van der Waals surface area contributed by atoms with Crippen molar-refractivity contribution in [1.82, 2.24) is 0 Å². The Morgan fingerprint density at radius 2 is 0.459 bits per heavy atom. The van der Waals surface area contributed by atoms with E-state index in [0.29, 0.717) is 107 Å². The van der Waals surface area contributed by atoms with Crippen LogP contribution in [0.4, 0.5) is 0 Å². The zero-order valence-electron chi connectivity index (χ0n) is 69.8. The van der Waals surface area contributed by atoms with Gasteiger partial charge in [-0.15, -0.1) is 0 Å². The van der Waals surface area contributed by atoms with E-state index < -0.39 is 59.7 Å². The summed E-state index contributed by atoms with van der Waals surface area (Å²) in [6.45, 7) is 52.4. The van der Waals surface area contributed by atoms with Crippen LogP contribution in [0.15, 0.2) is 304 Å². The summed E-state index contributed by atoms with van der Waals surface area (Å²) >= 11 is 0. The van der Waals surface area contributed by atoms with Crippen molar-refractivity contribution in [2.45, 2.75) is 69.2 Å². The lowest BCUT2D eigenvalue weighted by molar-refractivity contribution is -0.140. The number of carbonyl (C=O) groups excluding carboxylic acids is 10. The number of ether oxygens (including phenoxy) is 14. The van der Waals surface area contributed by atoms with Gasteiger partial charge < -0.3 is 66.3 Å². The van der Waals surface area contributed by atoms with Gasteiger partial charge in [-0.1, -0.05) is 187 Å². The predicted molar refractivity (Wildman–Crippen MR) is 468 cm³/mol. The number of rotatable bonds is 32. The van der Waals surface area contributed by atoms with Crippen molar-refractivity contribution in [1.29, 1.82) is 0 Å². The Hall–Kier alpha value is -15.2. The molecular weight excluding hydrogens is 1560 g/mol. The smallest absolute Gasteiger partial charge is 0.338 e. The zero-order valence-corrected chi connectivity index (χ0v) is 69.8. The second-order valence-electron chi connectivity index (χ2n) is 27.2. The molecule has 10 aromatic carbocycles. The molecule has 0 fully saturated rings. The number of benzene rings is 10. The molecule has 0 saturated heterocycles. The van der Waals surface area contributed by atoms with Crippen molar-refractivity contribution < 1.29 is 114 Å². The van der Waals surface area contributed by atoms with Crippen LogP contribution >= 0.6 is 0 Å². The molecule has 0 heterocycles. The molecule has 122 heavy (non-hydrogen) atoms. The van der Waals surface area contributed by atoms with Crippen LogP contribution in [0, 0.1) is 0 Å². The maximum atomic E-state index is 11.7. The van der Waals surface area contributed by atoms with Gasteiger partial charge in [-0.2, -0.15) is 0 Å². The maximum absolute atomic E-state index is 11.7. The molecule has 0 aromatic heterocycles. The lowest BCUT2D eigenvalue weighted by Crippen LogP contribution is -2.14. The molecule has 0 aliphatic heterocycles. The topological polar surface area (TPSA) is 300 Å². The molecule has 0 spiro atoms. The van der Waals surface area contributed by atoms with E-state index in [2.05, 4.69) is 65.8 Å². The highest BCUT2D eigenvalue weighted by Crippen LogP contribution is 2.39. The number of carbonyl (C=O) groups is 10. The van der Waals surface area contributed by atoms with E-state index in [9.17, 15) is 47.9 Å². The first-order chi connectivity index (χ1) is 58.0. The molecule has 24 heteroatoms. The predicted octanol–water partition coefficient (Wildman–Crippen LogP) is 19.1. The third kappa shape index (κ3) is 29.8. The summed E-state index contributed by atoms with van der Waals surface area (Å²) in [5, 5.41) is 8.18. The molecule has 10 rings (SSSR count). The number of fused-ring (bicyclic) bond motifs is 5. The molecule has 0 amide bonds. The Labute approximate surface area is 707 Å². The molecule has 0 saturated carbocycles. The second kappa shape index (κ2) is 47.3. The van der Waals surface area contributed by atoms with E-state index in [1.165, 1.54) is 0 Å². The molecule has 24 nitrogen and oxygen atoms in total. The van der Waals surface area contributed by atoms with Crippen LogP contribution < -0.4 is 47.4 Å². The first-order valence-electron chi connectivity index (χ1n) is 37.6. The minimum Gasteiger partial charge on any atom is -0.489 e. The van der Waals surface area contributed by atoms with Crippen molar-refractivity contribution in [3.8, 4) is 57.5 Å². The Kier molecular flexibility index (Phi) is 37.1. The molecule has 0 bridgehead atoms. The van der Waals surface area contributed by atoms with Gasteiger partial charge in [0.1, 0.15) is 87.4 Å². The summed E-state index contributed by atoms with van der Waals surface area (Å²) in [5.41, 5.74) is 3.10. The zero-order chi connectivity index (χ0) is 89.9. The maximum Gasteiger partial charge on any atom is 0.338 e. The van der Waals surface area contributed by atoms with Gasteiger partial charge in [0.05, 0.1) is 0 Å². The standard InChI is InChI=1S/2C22H24O6.3C18H16O4/c1-15(2)21(23)27-13-11-25-19-9-5-8-18-17(19)7-6-10-20(18)26-12-14-28-22(24)16(3)4;1-15(2)21(23)27-13-11-25-19-10-9-17-7-5-6-8-18(17)20(19)26-12-14-28-22(24)16(3)4;1-11(2)17(19)21-15-9-5-8-14-13(15)7-6-10-16(14)22-18(20)12(3)4;1-11(2)17(19)21-14-9-8-13-6-5-7-16(15(13)10-14)22-18(20)12(3)4;1-11(2)17(19)21-15-9-13-7-5-6-8-14(13)10-16(15)22-18(20)12(3)4/h2*5-10H,1,3,11-14H2,2,4H3;3*5-10H,1,3H2,2,4H3. The van der Waals surface area contributed by atoms with Crippen LogP contribution in [0.2, 0.25) is 0 Å². The van der Waals surface area contributed by atoms with Crippen molar-refractivity contribution >= 4 is 114 Å². The monoisotopic (exact) mass is 1660 g/mol. The fourth-order valence-electron chi connectivity index (χ4n) is 9.91. The van der Waals surface area contributed by atoms with Crippen LogP contribution in [-0.2, 0) is 66.9 Å². The van der Waals surface area contributed by atoms with Crippen molar-refractivity contribution in [2.24, 2.45) is 0 Å². The van der Waals surface area contributed by atoms with Crippen LogP contribution in [0.1, 0.15) is 69.2 Å². The summed E-state index contributed by atoms with van der Waals surface area (Å²) in [7, 11) is 0. The number of hydrogen-bond acceptors (Lipinski definition) is 24. The van der Waals surface area contributed by atoms with E-state index >= 15 is 0 Å². The van der Waals surface area contributed by atoms with Gasteiger partial charge in [-0.25, -0.2) is 47.9 Å². The third-order valence-electron chi connectivity index (χ3n) is 16.1. The van der Waals surface area contributed by atoms with Crippen LogP contribution in [0.3, 0.4) is 0 Å². The minimum atomic E-state index is -0.581. The van der Waals surface area contributed by atoms with Crippen molar-refractivity contribution in [2.75, 3.05) is 52.9 Å². The van der Waals surface area contributed by atoms with Crippen molar-refractivity contribution in [3.05, 3.63) is 304 Å². The van der Waals surface area contributed by atoms with Gasteiger partial charge in [0.25, 0.3) is 0 Å². The first-order valence-corrected chi connectivity index (χ1v) is 37.6. The molecule has 0 aliphatic rings. The molecule has 0 atom stereocenters. The highest BCUT2D eigenvalue weighted by molar-refractivity contribution is 6.01. The quantitative estimate of drug-likeness (QED) is 0.0124. The summed E-state index contributed by atoms with van der Waals surface area (Å²) in [4.78, 5) is 116. The minimum absolute atomic E-state index is 0.0879. The molecule has 632 valence electrons. The Bertz CT molecular complexity index is 5490. The summed E-state index contributed by atoms with van der Waals surface area (Å²) in [6.07, 6.45) is 0. The van der Waals surface area contributed by atoms with E-state index in [0.717, 1.165) is 37.7 Å². The van der Waals surface area contributed by atoms with Gasteiger partial charge in [-0.3, -0.25) is 0 Å². The molecule has 0 radical (unpaired) electrons. The number of hydrogen-bond donors (Lipinski definition) is 0.